The fraction of sp³-hybridized carbons (Fsp3) is 1.00. The van der Waals surface area contributed by atoms with E-state index in [1.165, 1.54) is 71.6 Å². The Kier molecular flexibility index (Phi) is 5.07. The molecule has 0 bridgehead atoms. The third-order valence-corrected chi connectivity index (χ3v) is 4.08. The van der Waals surface area contributed by atoms with Gasteiger partial charge in [0.15, 0.2) is 0 Å². The summed E-state index contributed by atoms with van der Waals surface area (Å²) in [5.41, 5.74) is 0. The lowest BCUT2D eigenvalue weighted by molar-refractivity contribution is 0.248. The van der Waals surface area contributed by atoms with Gasteiger partial charge in [0, 0.05) is 13.1 Å². The molecule has 0 spiro atoms. The van der Waals surface area contributed by atoms with Crippen LogP contribution in [-0.2, 0) is 0 Å². The number of unbranched alkanes of at least 4 members (excludes halogenated alkanes) is 1. The zero-order valence-corrected chi connectivity index (χ0v) is 10.7. The van der Waals surface area contributed by atoms with Crippen LogP contribution in [-0.4, -0.2) is 55.7 Å². The number of hydrogen-bond donors (Lipinski definition) is 1. The van der Waals surface area contributed by atoms with Crippen LogP contribution in [0.1, 0.15) is 32.6 Å². The molecule has 94 valence electrons. The normalized spacial score (nSPS) is 27.9. The SMILES string of the molecule is CCN1CCN(CCCCC2CCNC2)C1. The van der Waals surface area contributed by atoms with E-state index in [0.717, 1.165) is 5.92 Å². The Labute approximate surface area is 100 Å². The van der Waals surface area contributed by atoms with Gasteiger partial charge < -0.3 is 5.32 Å². The van der Waals surface area contributed by atoms with Gasteiger partial charge in [-0.1, -0.05) is 13.3 Å². The third kappa shape index (κ3) is 3.72. The molecule has 0 radical (unpaired) electrons. The van der Waals surface area contributed by atoms with Gasteiger partial charge >= 0.3 is 0 Å². The molecular formula is C13H27N3. The fourth-order valence-corrected chi connectivity index (χ4v) is 2.88. The molecule has 2 fully saturated rings. The molecule has 0 aromatic rings. The summed E-state index contributed by atoms with van der Waals surface area (Å²) in [5.74, 6) is 0.978. The van der Waals surface area contributed by atoms with Crippen LogP contribution < -0.4 is 5.32 Å². The average Bonchev–Trinajstić information content (AvgIpc) is 2.95. The van der Waals surface area contributed by atoms with Crippen molar-refractivity contribution in [2.45, 2.75) is 32.6 Å². The van der Waals surface area contributed by atoms with Gasteiger partial charge in [-0.2, -0.15) is 0 Å². The van der Waals surface area contributed by atoms with E-state index in [2.05, 4.69) is 22.0 Å². The fourth-order valence-electron chi connectivity index (χ4n) is 2.88. The van der Waals surface area contributed by atoms with Crippen molar-refractivity contribution >= 4 is 0 Å². The highest BCUT2D eigenvalue weighted by Crippen LogP contribution is 2.16. The predicted molar refractivity (Wildman–Crippen MR) is 68.5 cm³/mol. The van der Waals surface area contributed by atoms with Crippen LogP contribution in [0.2, 0.25) is 0 Å². The van der Waals surface area contributed by atoms with Crippen LogP contribution in [0.3, 0.4) is 0 Å². The van der Waals surface area contributed by atoms with Crippen molar-refractivity contribution in [3.63, 3.8) is 0 Å². The summed E-state index contributed by atoms with van der Waals surface area (Å²) < 4.78 is 0. The molecule has 0 aromatic carbocycles. The van der Waals surface area contributed by atoms with E-state index in [1.807, 2.05) is 0 Å². The van der Waals surface area contributed by atoms with E-state index in [-0.39, 0.29) is 0 Å². The summed E-state index contributed by atoms with van der Waals surface area (Å²) in [7, 11) is 0. The Morgan fingerprint density at radius 1 is 1.19 bits per heavy atom. The predicted octanol–water partition coefficient (Wildman–Crippen LogP) is 1.36. The summed E-state index contributed by atoms with van der Waals surface area (Å²) in [6, 6.07) is 0. The Balaban J connectivity index is 1.48. The maximum atomic E-state index is 3.45. The average molecular weight is 225 g/mol. The van der Waals surface area contributed by atoms with Gasteiger partial charge in [0.1, 0.15) is 0 Å². The highest BCUT2D eigenvalue weighted by Gasteiger charge is 2.18. The van der Waals surface area contributed by atoms with Gasteiger partial charge in [0.05, 0.1) is 6.67 Å². The van der Waals surface area contributed by atoms with Crippen LogP contribution in [0.4, 0.5) is 0 Å². The quantitative estimate of drug-likeness (QED) is 0.689. The lowest BCUT2D eigenvalue weighted by atomic mass is 10.0. The first-order valence-corrected chi connectivity index (χ1v) is 7.04. The molecule has 1 N–H and O–H groups in total. The summed E-state index contributed by atoms with van der Waals surface area (Å²) in [6.45, 7) is 11.1. The second-order valence-corrected chi connectivity index (χ2v) is 5.32. The van der Waals surface area contributed by atoms with E-state index < -0.39 is 0 Å². The van der Waals surface area contributed by atoms with Crippen LogP contribution >= 0.6 is 0 Å². The maximum absolute atomic E-state index is 3.45. The van der Waals surface area contributed by atoms with E-state index in [1.54, 1.807) is 0 Å². The minimum absolute atomic E-state index is 0.978. The molecule has 0 saturated carbocycles. The highest BCUT2D eigenvalue weighted by molar-refractivity contribution is 4.72. The Morgan fingerprint density at radius 2 is 2.06 bits per heavy atom. The van der Waals surface area contributed by atoms with Gasteiger partial charge in [0.25, 0.3) is 0 Å². The molecule has 1 unspecified atom stereocenters. The molecule has 3 nitrogen and oxygen atoms in total. The lowest BCUT2D eigenvalue weighted by Gasteiger charge is -2.17. The zero-order valence-electron chi connectivity index (χ0n) is 10.7. The molecular weight excluding hydrogens is 198 g/mol. The first-order valence-electron chi connectivity index (χ1n) is 7.04. The third-order valence-electron chi connectivity index (χ3n) is 4.08. The number of rotatable bonds is 6. The van der Waals surface area contributed by atoms with Crippen molar-refractivity contribution in [1.82, 2.24) is 15.1 Å². The van der Waals surface area contributed by atoms with Gasteiger partial charge in [-0.25, -0.2) is 0 Å². The van der Waals surface area contributed by atoms with E-state index in [9.17, 15) is 0 Å². The second-order valence-electron chi connectivity index (χ2n) is 5.32. The summed E-state index contributed by atoms with van der Waals surface area (Å²) in [6.07, 6.45) is 5.68. The van der Waals surface area contributed by atoms with Crippen LogP contribution in [0.15, 0.2) is 0 Å². The lowest BCUT2D eigenvalue weighted by Crippen LogP contribution is -2.26. The van der Waals surface area contributed by atoms with Crippen molar-refractivity contribution in [2.24, 2.45) is 5.92 Å². The Morgan fingerprint density at radius 3 is 2.75 bits per heavy atom. The Hall–Kier alpha value is -0.120. The summed E-state index contributed by atoms with van der Waals surface area (Å²) >= 11 is 0. The van der Waals surface area contributed by atoms with E-state index >= 15 is 0 Å². The smallest absolute Gasteiger partial charge is 0.0507 e. The van der Waals surface area contributed by atoms with Crippen molar-refractivity contribution in [2.75, 3.05) is 45.9 Å². The van der Waals surface area contributed by atoms with Gasteiger partial charge in [-0.15, -0.1) is 0 Å². The van der Waals surface area contributed by atoms with E-state index in [0.29, 0.717) is 0 Å². The molecule has 2 heterocycles. The number of nitrogens with one attached hydrogen (secondary N) is 1. The molecule has 0 aromatic heterocycles. The topological polar surface area (TPSA) is 18.5 Å². The highest BCUT2D eigenvalue weighted by atomic mass is 15.4. The minimum atomic E-state index is 0.978. The van der Waals surface area contributed by atoms with Crippen molar-refractivity contribution in [1.29, 1.82) is 0 Å². The van der Waals surface area contributed by atoms with Gasteiger partial charge in [0.2, 0.25) is 0 Å². The van der Waals surface area contributed by atoms with E-state index in [4.69, 9.17) is 0 Å². The molecule has 0 amide bonds. The monoisotopic (exact) mass is 225 g/mol. The van der Waals surface area contributed by atoms with Gasteiger partial charge in [-0.3, -0.25) is 9.80 Å². The van der Waals surface area contributed by atoms with Crippen LogP contribution in [0.25, 0.3) is 0 Å². The first-order chi connectivity index (χ1) is 7.88. The molecule has 0 aliphatic carbocycles. The van der Waals surface area contributed by atoms with Crippen molar-refractivity contribution in [3.05, 3.63) is 0 Å². The summed E-state index contributed by atoms with van der Waals surface area (Å²) in [5, 5.41) is 3.45. The molecule has 16 heavy (non-hydrogen) atoms. The standard InChI is InChI=1S/C13H27N3/c1-2-15-9-10-16(12-15)8-4-3-5-13-6-7-14-11-13/h13-14H,2-12H2,1H3. The zero-order chi connectivity index (χ0) is 11.2. The first kappa shape index (κ1) is 12.3. The molecule has 2 rings (SSSR count). The molecule has 2 aliphatic heterocycles. The number of likely N-dealkylation sites (N-methyl/N-ethyl adjacent to an activating group) is 1. The minimum Gasteiger partial charge on any atom is -0.316 e. The molecule has 1 atom stereocenters. The number of nitrogens with zero attached hydrogens (tertiary/aromatic N) is 2. The van der Waals surface area contributed by atoms with Crippen LogP contribution in [0.5, 0.6) is 0 Å². The Bertz CT molecular complexity index is 190. The molecule has 3 heteroatoms. The number of hydrogen-bond acceptors (Lipinski definition) is 3. The summed E-state index contributed by atoms with van der Waals surface area (Å²) in [4.78, 5) is 5.14. The second kappa shape index (κ2) is 6.58. The largest absolute Gasteiger partial charge is 0.316 e. The van der Waals surface area contributed by atoms with Crippen LogP contribution in [0, 0.1) is 5.92 Å². The maximum Gasteiger partial charge on any atom is 0.0507 e. The van der Waals surface area contributed by atoms with Crippen molar-refractivity contribution < 1.29 is 0 Å². The molecule has 2 saturated heterocycles. The van der Waals surface area contributed by atoms with Crippen molar-refractivity contribution in [3.8, 4) is 0 Å². The molecule has 2 aliphatic rings. The van der Waals surface area contributed by atoms with Gasteiger partial charge in [-0.05, 0) is 51.4 Å².